The van der Waals surface area contributed by atoms with Crippen LogP contribution in [0.15, 0.2) is 30.6 Å². The number of aryl methyl sites for hydroxylation is 1. The minimum absolute atomic E-state index is 0.346. The average molecular weight is 301 g/mol. The molecule has 2 rings (SSSR count). The summed E-state index contributed by atoms with van der Waals surface area (Å²) < 4.78 is 53.4. The molecule has 3 nitrogen and oxygen atoms in total. The van der Waals surface area contributed by atoms with Gasteiger partial charge in [0.15, 0.2) is 0 Å². The van der Waals surface area contributed by atoms with E-state index < -0.39 is 23.6 Å². The number of halogens is 4. The lowest BCUT2D eigenvalue weighted by Crippen LogP contribution is -2.22. The van der Waals surface area contributed by atoms with E-state index in [1.165, 1.54) is 6.07 Å². The number of nitrogens with zero attached hydrogens (tertiary/aromatic N) is 2. The molecule has 7 heteroatoms. The zero-order chi connectivity index (χ0) is 15.6. The molecule has 1 heterocycles. The van der Waals surface area contributed by atoms with E-state index in [1.807, 2.05) is 6.92 Å². The molecule has 1 N–H and O–H groups in total. The second-order valence-corrected chi connectivity index (χ2v) is 4.68. The van der Waals surface area contributed by atoms with Crippen LogP contribution in [-0.2, 0) is 13.2 Å². The van der Waals surface area contributed by atoms with Crippen molar-refractivity contribution in [2.75, 3.05) is 6.54 Å². The van der Waals surface area contributed by atoms with Gasteiger partial charge < -0.3 is 5.32 Å². The number of benzene rings is 1. The molecular formula is C14H15F4N3. The Labute approximate surface area is 119 Å². The third-order valence-corrected chi connectivity index (χ3v) is 3.10. The van der Waals surface area contributed by atoms with Crippen LogP contribution in [0.3, 0.4) is 0 Å². The fraction of sp³-hybridized carbons (Fsp3) is 0.357. The van der Waals surface area contributed by atoms with E-state index in [4.69, 9.17) is 0 Å². The smallest absolute Gasteiger partial charge is 0.306 e. The third-order valence-electron chi connectivity index (χ3n) is 3.10. The molecule has 21 heavy (non-hydrogen) atoms. The van der Waals surface area contributed by atoms with E-state index in [-0.39, 0.29) is 0 Å². The Kier molecular flexibility index (Phi) is 4.32. The van der Waals surface area contributed by atoms with Crippen LogP contribution in [0.1, 0.15) is 29.7 Å². The van der Waals surface area contributed by atoms with Crippen LogP contribution in [0, 0.1) is 5.82 Å². The molecule has 0 radical (unpaired) electrons. The Hall–Kier alpha value is -1.89. The highest BCUT2D eigenvalue weighted by Crippen LogP contribution is 2.34. The fourth-order valence-corrected chi connectivity index (χ4v) is 2.16. The average Bonchev–Trinajstić information content (AvgIpc) is 2.82. The summed E-state index contributed by atoms with van der Waals surface area (Å²) in [6, 6.07) is 2.57. The number of rotatable bonds is 4. The summed E-state index contributed by atoms with van der Waals surface area (Å²) in [5, 5.41) is 7.10. The topological polar surface area (TPSA) is 29.9 Å². The largest absolute Gasteiger partial charge is 0.419 e. The van der Waals surface area contributed by atoms with Crippen LogP contribution in [0.25, 0.3) is 0 Å². The van der Waals surface area contributed by atoms with Gasteiger partial charge in [-0.3, -0.25) is 4.68 Å². The summed E-state index contributed by atoms with van der Waals surface area (Å²) in [5.74, 6) is -1.27. The molecule has 0 spiro atoms. The van der Waals surface area contributed by atoms with Gasteiger partial charge in [0.25, 0.3) is 0 Å². The van der Waals surface area contributed by atoms with Crippen molar-refractivity contribution in [1.82, 2.24) is 15.1 Å². The maximum Gasteiger partial charge on any atom is 0.419 e. The van der Waals surface area contributed by atoms with Gasteiger partial charge in [0.2, 0.25) is 0 Å². The van der Waals surface area contributed by atoms with Crippen molar-refractivity contribution in [3.05, 3.63) is 53.1 Å². The summed E-state index contributed by atoms with van der Waals surface area (Å²) in [7, 11) is 1.72. The SMILES string of the molecule is CCNC(c1ccc(F)c(C(F)(F)F)c1)c1cnn(C)c1. The minimum atomic E-state index is -4.72. The van der Waals surface area contributed by atoms with Crippen LogP contribution in [-0.4, -0.2) is 16.3 Å². The second kappa shape index (κ2) is 5.85. The molecular weight excluding hydrogens is 286 g/mol. The van der Waals surface area contributed by atoms with E-state index >= 15 is 0 Å². The summed E-state index contributed by atoms with van der Waals surface area (Å²) in [6.45, 7) is 2.40. The molecule has 2 aromatic rings. The van der Waals surface area contributed by atoms with Gasteiger partial charge >= 0.3 is 6.18 Å². The number of nitrogens with one attached hydrogen (secondary N) is 1. The number of hydrogen-bond donors (Lipinski definition) is 1. The van der Waals surface area contributed by atoms with Gasteiger partial charge in [0.1, 0.15) is 5.82 Å². The van der Waals surface area contributed by atoms with E-state index in [1.54, 1.807) is 24.1 Å². The van der Waals surface area contributed by atoms with E-state index in [0.717, 1.165) is 17.7 Å². The van der Waals surface area contributed by atoms with E-state index in [0.29, 0.717) is 12.1 Å². The lowest BCUT2D eigenvalue weighted by atomic mass is 9.99. The predicted octanol–water partition coefficient (Wildman–Crippen LogP) is 3.28. The van der Waals surface area contributed by atoms with E-state index in [9.17, 15) is 17.6 Å². The van der Waals surface area contributed by atoms with Crippen LogP contribution in [0.4, 0.5) is 17.6 Å². The maximum absolute atomic E-state index is 13.4. The van der Waals surface area contributed by atoms with Crippen LogP contribution in [0.2, 0.25) is 0 Å². The molecule has 0 fully saturated rings. The van der Waals surface area contributed by atoms with Crippen molar-refractivity contribution in [3.63, 3.8) is 0 Å². The second-order valence-electron chi connectivity index (χ2n) is 4.68. The van der Waals surface area contributed by atoms with Crippen LogP contribution < -0.4 is 5.32 Å². The van der Waals surface area contributed by atoms with Gasteiger partial charge in [0, 0.05) is 18.8 Å². The molecule has 0 aliphatic carbocycles. The molecule has 1 aromatic heterocycles. The molecule has 114 valence electrons. The number of hydrogen-bond acceptors (Lipinski definition) is 2. The van der Waals surface area contributed by atoms with Gasteiger partial charge in [-0.15, -0.1) is 0 Å². The van der Waals surface area contributed by atoms with Crippen molar-refractivity contribution < 1.29 is 17.6 Å². The van der Waals surface area contributed by atoms with Crippen molar-refractivity contribution in [2.24, 2.45) is 7.05 Å². The highest BCUT2D eigenvalue weighted by atomic mass is 19.4. The molecule has 1 atom stereocenters. The van der Waals surface area contributed by atoms with Gasteiger partial charge in [-0.25, -0.2) is 4.39 Å². The monoisotopic (exact) mass is 301 g/mol. The lowest BCUT2D eigenvalue weighted by molar-refractivity contribution is -0.140. The first-order chi connectivity index (χ1) is 9.82. The van der Waals surface area contributed by atoms with Crippen molar-refractivity contribution in [3.8, 4) is 0 Å². The van der Waals surface area contributed by atoms with Gasteiger partial charge in [-0.1, -0.05) is 13.0 Å². The summed E-state index contributed by atoms with van der Waals surface area (Å²) >= 11 is 0. The Balaban J connectivity index is 2.46. The van der Waals surface area contributed by atoms with Crippen LogP contribution >= 0.6 is 0 Å². The van der Waals surface area contributed by atoms with Crippen molar-refractivity contribution >= 4 is 0 Å². The first kappa shape index (κ1) is 15.5. The van der Waals surface area contributed by atoms with Crippen molar-refractivity contribution in [1.29, 1.82) is 0 Å². The Morgan fingerprint density at radius 1 is 1.29 bits per heavy atom. The first-order valence-corrected chi connectivity index (χ1v) is 6.41. The standard InChI is InChI=1S/C14H15F4N3/c1-3-19-13(10-7-20-21(2)8-10)9-4-5-12(15)11(6-9)14(16,17)18/h4-8,13,19H,3H2,1-2H3. The Morgan fingerprint density at radius 3 is 2.52 bits per heavy atom. The third kappa shape index (κ3) is 3.41. The Bertz CT molecular complexity index is 619. The lowest BCUT2D eigenvalue weighted by Gasteiger charge is -2.19. The van der Waals surface area contributed by atoms with Gasteiger partial charge in [0.05, 0.1) is 17.8 Å². The summed E-state index contributed by atoms with van der Waals surface area (Å²) in [6.07, 6.45) is -1.43. The Morgan fingerprint density at radius 2 is 2.00 bits per heavy atom. The minimum Gasteiger partial charge on any atom is -0.306 e. The number of alkyl halides is 3. The molecule has 0 aliphatic heterocycles. The molecule has 0 amide bonds. The van der Waals surface area contributed by atoms with Crippen molar-refractivity contribution in [2.45, 2.75) is 19.1 Å². The quantitative estimate of drug-likeness (QED) is 0.878. The zero-order valence-corrected chi connectivity index (χ0v) is 11.6. The highest BCUT2D eigenvalue weighted by molar-refractivity contribution is 5.34. The fourth-order valence-electron chi connectivity index (χ4n) is 2.16. The summed E-state index contributed by atoms with van der Waals surface area (Å²) in [5.41, 5.74) is -0.190. The van der Waals surface area contributed by atoms with E-state index in [2.05, 4.69) is 10.4 Å². The molecule has 0 aliphatic rings. The van der Waals surface area contributed by atoms with Gasteiger partial charge in [-0.05, 0) is 24.2 Å². The van der Waals surface area contributed by atoms with Crippen LogP contribution in [0.5, 0.6) is 0 Å². The predicted molar refractivity (Wildman–Crippen MR) is 70.1 cm³/mol. The summed E-state index contributed by atoms with van der Waals surface area (Å²) in [4.78, 5) is 0. The normalized spacial score (nSPS) is 13.4. The van der Waals surface area contributed by atoms with Gasteiger partial charge in [-0.2, -0.15) is 18.3 Å². The molecule has 0 saturated heterocycles. The first-order valence-electron chi connectivity index (χ1n) is 6.41. The molecule has 0 bridgehead atoms. The molecule has 1 unspecified atom stereocenters. The zero-order valence-electron chi connectivity index (χ0n) is 11.6. The maximum atomic E-state index is 13.4. The number of aromatic nitrogens is 2. The highest BCUT2D eigenvalue weighted by Gasteiger charge is 2.34. The molecule has 0 saturated carbocycles. The molecule has 1 aromatic carbocycles.